The molecule has 2 aliphatic rings. The third-order valence-corrected chi connectivity index (χ3v) is 3.64. The normalized spacial score (nSPS) is 30.7. The molecule has 1 heterocycles. The molecular formula is C11H20N2O5. The summed E-state index contributed by atoms with van der Waals surface area (Å²) in [7, 11) is 0. The lowest BCUT2D eigenvalue weighted by Gasteiger charge is -2.12. The van der Waals surface area contributed by atoms with Crippen LogP contribution in [0.2, 0.25) is 0 Å². The zero-order chi connectivity index (χ0) is 13.0. The van der Waals surface area contributed by atoms with E-state index in [2.05, 4.69) is 10.2 Å². The molecule has 3 atom stereocenters. The SMILES string of the molecule is O=C(OCCCON(O)O)C1C[C@@H]2CCC[C@@H]2N1. The zero-order valence-electron chi connectivity index (χ0n) is 10.2. The molecule has 2 rings (SSSR count). The van der Waals surface area contributed by atoms with Gasteiger partial charge in [0.05, 0.1) is 18.6 Å². The van der Waals surface area contributed by atoms with Crippen LogP contribution in [0.25, 0.3) is 0 Å². The van der Waals surface area contributed by atoms with E-state index in [0.29, 0.717) is 18.4 Å². The van der Waals surface area contributed by atoms with Crippen molar-refractivity contribution in [1.82, 2.24) is 10.7 Å². The van der Waals surface area contributed by atoms with E-state index in [9.17, 15) is 4.79 Å². The Morgan fingerprint density at radius 2 is 2.17 bits per heavy atom. The predicted octanol–water partition coefficient (Wildman–Crippen LogP) is 0.462. The van der Waals surface area contributed by atoms with E-state index >= 15 is 0 Å². The number of nitrogens with one attached hydrogen (secondary N) is 1. The summed E-state index contributed by atoms with van der Waals surface area (Å²) < 4.78 is 5.11. The second kappa shape index (κ2) is 6.44. The summed E-state index contributed by atoms with van der Waals surface area (Å²) in [6.07, 6.45) is 4.91. The Labute approximate surface area is 106 Å². The molecule has 104 valence electrons. The molecule has 0 spiro atoms. The highest BCUT2D eigenvalue weighted by Gasteiger charge is 2.40. The first-order chi connectivity index (χ1) is 8.66. The summed E-state index contributed by atoms with van der Waals surface area (Å²) in [6, 6.07) is 0.316. The first-order valence-electron chi connectivity index (χ1n) is 6.40. The molecule has 0 amide bonds. The van der Waals surface area contributed by atoms with Gasteiger partial charge in [0.2, 0.25) is 0 Å². The molecule has 0 radical (unpaired) electrons. The topological polar surface area (TPSA) is 91.3 Å². The molecule has 7 nitrogen and oxygen atoms in total. The van der Waals surface area contributed by atoms with Crippen molar-refractivity contribution in [2.24, 2.45) is 5.92 Å². The number of fused-ring (bicyclic) bond motifs is 1. The van der Waals surface area contributed by atoms with Crippen LogP contribution >= 0.6 is 0 Å². The third kappa shape index (κ3) is 3.63. The maximum absolute atomic E-state index is 11.7. The molecule has 0 bridgehead atoms. The van der Waals surface area contributed by atoms with E-state index in [-0.39, 0.29) is 30.6 Å². The van der Waals surface area contributed by atoms with Crippen molar-refractivity contribution >= 4 is 5.97 Å². The van der Waals surface area contributed by atoms with Crippen molar-refractivity contribution in [3.63, 3.8) is 0 Å². The van der Waals surface area contributed by atoms with Gasteiger partial charge in [0.1, 0.15) is 6.04 Å². The van der Waals surface area contributed by atoms with Crippen molar-refractivity contribution < 1.29 is 24.8 Å². The Morgan fingerprint density at radius 3 is 2.89 bits per heavy atom. The largest absolute Gasteiger partial charge is 0.464 e. The monoisotopic (exact) mass is 260 g/mol. The highest BCUT2D eigenvalue weighted by Crippen LogP contribution is 2.34. The number of hydrogen-bond donors (Lipinski definition) is 3. The Hall–Kier alpha value is -0.730. The Balaban J connectivity index is 1.58. The molecule has 1 saturated heterocycles. The van der Waals surface area contributed by atoms with Gasteiger partial charge in [-0.3, -0.25) is 20.0 Å². The number of carbonyl (C=O) groups is 1. The molecule has 7 heteroatoms. The standard InChI is InChI=1S/C11H20N2O5/c14-11(17-5-2-6-18-13(15)16)10-7-8-3-1-4-9(8)12-10/h8-10,12,15-16H,1-7H2/t8-,9-,10?/m0/s1. The fourth-order valence-corrected chi connectivity index (χ4v) is 2.81. The van der Waals surface area contributed by atoms with Crippen LogP contribution in [-0.2, 0) is 14.4 Å². The van der Waals surface area contributed by atoms with Crippen LogP contribution in [0.4, 0.5) is 0 Å². The van der Waals surface area contributed by atoms with Gasteiger partial charge < -0.3 is 10.1 Å². The molecule has 1 aliphatic carbocycles. The summed E-state index contributed by atoms with van der Waals surface area (Å²) in [6.45, 7) is 0.309. The van der Waals surface area contributed by atoms with E-state index in [4.69, 9.17) is 15.2 Å². The van der Waals surface area contributed by atoms with E-state index < -0.39 is 0 Å². The van der Waals surface area contributed by atoms with Crippen LogP contribution in [0.5, 0.6) is 0 Å². The summed E-state index contributed by atoms with van der Waals surface area (Å²) in [4.78, 5) is 16.1. The van der Waals surface area contributed by atoms with Crippen molar-refractivity contribution in [3.8, 4) is 0 Å². The van der Waals surface area contributed by atoms with Crippen molar-refractivity contribution in [2.45, 2.75) is 44.2 Å². The number of ether oxygens (including phenoxy) is 1. The summed E-state index contributed by atoms with van der Waals surface area (Å²) >= 11 is 0. The van der Waals surface area contributed by atoms with Gasteiger partial charge in [0.25, 0.3) is 0 Å². The summed E-state index contributed by atoms with van der Waals surface area (Å²) in [5.74, 6) is 0.414. The lowest BCUT2D eigenvalue weighted by Crippen LogP contribution is -2.36. The van der Waals surface area contributed by atoms with Crippen molar-refractivity contribution in [3.05, 3.63) is 0 Å². The number of esters is 1. The molecule has 1 unspecified atom stereocenters. The minimum absolute atomic E-state index is 0.0869. The first-order valence-corrected chi connectivity index (χ1v) is 6.40. The fourth-order valence-electron chi connectivity index (χ4n) is 2.81. The van der Waals surface area contributed by atoms with Gasteiger partial charge in [-0.05, 0) is 25.2 Å². The maximum atomic E-state index is 11.7. The Bertz CT molecular complexity index is 275. The average Bonchev–Trinajstić information content (AvgIpc) is 2.87. The van der Waals surface area contributed by atoms with Gasteiger partial charge >= 0.3 is 5.97 Å². The van der Waals surface area contributed by atoms with Crippen LogP contribution < -0.4 is 5.32 Å². The lowest BCUT2D eigenvalue weighted by atomic mass is 10.0. The number of rotatable bonds is 6. The molecular weight excluding hydrogens is 240 g/mol. The second-order valence-corrected chi connectivity index (χ2v) is 4.86. The second-order valence-electron chi connectivity index (χ2n) is 4.86. The molecule has 0 aromatic rings. The van der Waals surface area contributed by atoms with Crippen LogP contribution in [0.1, 0.15) is 32.1 Å². The van der Waals surface area contributed by atoms with Gasteiger partial charge in [-0.2, -0.15) is 0 Å². The highest BCUT2D eigenvalue weighted by atomic mass is 17.1. The summed E-state index contributed by atoms with van der Waals surface area (Å²) in [5, 5.41) is 19.5. The quantitative estimate of drug-likeness (QED) is 0.363. The van der Waals surface area contributed by atoms with Crippen LogP contribution in [0.15, 0.2) is 0 Å². The molecule has 18 heavy (non-hydrogen) atoms. The van der Waals surface area contributed by atoms with E-state index in [1.807, 2.05) is 0 Å². The van der Waals surface area contributed by atoms with E-state index in [0.717, 1.165) is 12.8 Å². The lowest BCUT2D eigenvalue weighted by molar-refractivity contribution is -0.492. The number of hydrogen-bond acceptors (Lipinski definition) is 7. The Kier molecular flexibility index (Phi) is 4.90. The molecule has 3 N–H and O–H groups in total. The van der Waals surface area contributed by atoms with Gasteiger partial charge in [0, 0.05) is 12.5 Å². The highest BCUT2D eigenvalue weighted by molar-refractivity contribution is 5.76. The fraction of sp³-hybridized carbons (Fsp3) is 0.909. The third-order valence-electron chi connectivity index (χ3n) is 3.64. The van der Waals surface area contributed by atoms with Crippen LogP contribution in [0.3, 0.4) is 0 Å². The molecule has 2 fully saturated rings. The molecule has 0 aromatic carbocycles. The van der Waals surface area contributed by atoms with Crippen LogP contribution in [0, 0.1) is 5.92 Å². The average molecular weight is 260 g/mol. The van der Waals surface area contributed by atoms with Crippen LogP contribution in [-0.4, -0.2) is 47.1 Å². The maximum Gasteiger partial charge on any atom is 0.323 e. The van der Waals surface area contributed by atoms with Crippen molar-refractivity contribution in [1.29, 1.82) is 0 Å². The summed E-state index contributed by atoms with van der Waals surface area (Å²) in [5.41, 5.74) is 0. The predicted molar refractivity (Wildman–Crippen MR) is 59.6 cm³/mol. The van der Waals surface area contributed by atoms with Crippen molar-refractivity contribution in [2.75, 3.05) is 13.2 Å². The smallest absolute Gasteiger partial charge is 0.323 e. The van der Waals surface area contributed by atoms with Gasteiger partial charge in [0.15, 0.2) is 0 Å². The molecule has 1 aliphatic heterocycles. The number of carbonyl (C=O) groups excluding carboxylic acids is 1. The molecule has 0 aromatic heterocycles. The minimum Gasteiger partial charge on any atom is -0.464 e. The minimum atomic E-state index is -0.346. The van der Waals surface area contributed by atoms with Gasteiger partial charge in [-0.25, -0.2) is 0 Å². The number of nitrogens with zero attached hydrogens (tertiary/aromatic N) is 1. The first kappa shape index (κ1) is 13.7. The van der Waals surface area contributed by atoms with Gasteiger partial charge in [-0.15, -0.1) is 0 Å². The molecule has 1 saturated carbocycles. The van der Waals surface area contributed by atoms with E-state index in [1.165, 1.54) is 12.8 Å². The van der Waals surface area contributed by atoms with Gasteiger partial charge in [-0.1, -0.05) is 6.42 Å². The Morgan fingerprint density at radius 1 is 1.33 bits per heavy atom. The van der Waals surface area contributed by atoms with E-state index in [1.54, 1.807) is 0 Å². The zero-order valence-corrected chi connectivity index (χ0v) is 10.2.